The van der Waals surface area contributed by atoms with Gasteiger partial charge in [-0.3, -0.25) is 4.31 Å². The number of fused-ring (bicyclic) bond motifs is 1. The molecule has 1 aromatic rings. The van der Waals surface area contributed by atoms with Crippen LogP contribution in [0.2, 0.25) is 0 Å². The zero-order valence-corrected chi connectivity index (χ0v) is 11.8. The number of aliphatic hydroxyl groups is 1. The number of rotatable bonds is 5. The molecule has 3 rings (SSSR count). The SMILES string of the molecule is O=S1(=O)c2ccccc2N=CN1CC(O)CNC1CC1. The van der Waals surface area contributed by atoms with Crippen LogP contribution in [0.5, 0.6) is 0 Å². The van der Waals surface area contributed by atoms with Gasteiger partial charge >= 0.3 is 0 Å². The van der Waals surface area contributed by atoms with Crippen molar-refractivity contribution in [2.24, 2.45) is 4.99 Å². The predicted molar refractivity (Wildman–Crippen MR) is 75.5 cm³/mol. The van der Waals surface area contributed by atoms with Crippen molar-refractivity contribution >= 4 is 22.0 Å². The summed E-state index contributed by atoms with van der Waals surface area (Å²) in [6.45, 7) is 0.409. The number of hydrogen-bond acceptors (Lipinski definition) is 5. The lowest BCUT2D eigenvalue weighted by Crippen LogP contribution is -2.42. The number of aliphatic hydroxyl groups excluding tert-OH is 1. The first-order valence-corrected chi connectivity index (χ1v) is 8.08. The number of nitrogens with one attached hydrogen (secondary N) is 1. The first-order valence-electron chi connectivity index (χ1n) is 6.64. The summed E-state index contributed by atoms with van der Waals surface area (Å²) < 4.78 is 25.9. The van der Waals surface area contributed by atoms with Crippen molar-refractivity contribution in [1.82, 2.24) is 9.62 Å². The van der Waals surface area contributed by atoms with Gasteiger partial charge in [0.2, 0.25) is 0 Å². The summed E-state index contributed by atoms with van der Waals surface area (Å²) >= 11 is 0. The maximum absolute atomic E-state index is 12.4. The highest BCUT2D eigenvalue weighted by molar-refractivity contribution is 7.89. The van der Waals surface area contributed by atoms with E-state index in [9.17, 15) is 13.5 Å². The molecule has 0 spiro atoms. The smallest absolute Gasteiger partial charge is 0.267 e. The lowest BCUT2D eigenvalue weighted by atomic mass is 10.3. The number of benzene rings is 1. The summed E-state index contributed by atoms with van der Waals surface area (Å²) in [5.41, 5.74) is 0.439. The zero-order chi connectivity index (χ0) is 14.2. The number of nitrogens with zero attached hydrogens (tertiary/aromatic N) is 2. The van der Waals surface area contributed by atoms with E-state index in [-0.39, 0.29) is 11.4 Å². The van der Waals surface area contributed by atoms with Crippen LogP contribution in [0.25, 0.3) is 0 Å². The Morgan fingerprint density at radius 2 is 2.15 bits per heavy atom. The second kappa shape index (κ2) is 5.16. The van der Waals surface area contributed by atoms with E-state index < -0.39 is 16.1 Å². The van der Waals surface area contributed by atoms with E-state index >= 15 is 0 Å². The molecule has 7 heteroatoms. The van der Waals surface area contributed by atoms with Crippen molar-refractivity contribution in [3.8, 4) is 0 Å². The van der Waals surface area contributed by atoms with E-state index in [0.29, 0.717) is 18.3 Å². The maximum atomic E-state index is 12.4. The highest BCUT2D eigenvalue weighted by Gasteiger charge is 2.30. The van der Waals surface area contributed by atoms with Gasteiger partial charge in [-0.2, -0.15) is 0 Å². The summed E-state index contributed by atoms with van der Waals surface area (Å²) in [6, 6.07) is 7.09. The number of β-amino-alcohol motifs (C(OH)–C–C–N with tert-alkyl or cyclic N) is 1. The quantitative estimate of drug-likeness (QED) is 0.827. The molecule has 1 unspecified atom stereocenters. The third-order valence-electron chi connectivity index (χ3n) is 3.39. The molecule has 1 aromatic carbocycles. The van der Waals surface area contributed by atoms with Crippen molar-refractivity contribution in [3.05, 3.63) is 24.3 Å². The van der Waals surface area contributed by atoms with Crippen molar-refractivity contribution in [3.63, 3.8) is 0 Å². The first kappa shape index (κ1) is 13.5. The van der Waals surface area contributed by atoms with Gasteiger partial charge in [-0.15, -0.1) is 0 Å². The van der Waals surface area contributed by atoms with Crippen LogP contribution in [0.4, 0.5) is 5.69 Å². The summed E-state index contributed by atoms with van der Waals surface area (Å²) in [5.74, 6) is 0. The molecule has 0 aromatic heterocycles. The Balaban J connectivity index is 1.71. The molecule has 2 aliphatic rings. The number of para-hydroxylation sites is 1. The third-order valence-corrected chi connectivity index (χ3v) is 5.15. The van der Waals surface area contributed by atoms with Crippen LogP contribution in [0.3, 0.4) is 0 Å². The minimum Gasteiger partial charge on any atom is -0.390 e. The van der Waals surface area contributed by atoms with Crippen LogP contribution in [-0.2, 0) is 10.0 Å². The largest absolute Gasteiger partial charge is 0.390 e. The molecule has 1 fully saturated rings. The molecule has 2 N–H and O–H groups in total. The summed E-state index contributed by atoms with van der Waals surface area (Å²) in [4.78, 5) is 4.31. The van der Waals surface area contributed by atoms with E-state index in [0.717, 1.165) is 17.1 Å². The van der Waals surface area contributed by atoms with E-state index in [4.69, 9.17) is 0 Å². The van der Waals surface area contributed by atoms with Gasteiger partial charge in [0.05, 0.1) is 18.3 Å². The highest BCUT2D eigenvalue weighted by Crippen LogP contribution is 2.29. The van der Waals surface area contributed by atoms with Crippen molar-refractivity contribution in [2.75, 3.05) is 13.1 Å². The monoisotopic (exact) mass is 295 g/mol. The van der Waals surface area contributed by atoms with E-state index in [1.165, 1.54) is 12.4 Å². The molecule has 1 atom stereocenters. The van der Waals surface area contributed by atoms with Gasteiger partial charge < -0.3 is 10.4 Å². The molecule has 1 aliphatic heterocycles. The molecule has 0 bridgehead atoms. The first-order chi connectivity index (χ1) is 9.57. The second-order valence-corrected chi connectivity index (χ2v) is 6.98. The standard InChI is InChI=1S/C13H17N3O3S/c17-11(7-14-10-5-6-10)8-16-9-15-12-3-1-2-4-13(12)20(16,18)19/h1-4,9-11,14,17H,5-8H2. The van der Waals surface area contributed by atoms with Gasteiger partial charge in [0.25, 0.3) is 10.0 Å². The minimum absolute atomic E-state index is 0.0138. The van der Waals surface area contributed by atoms with E-state index in [1.807, 2.05) is 0 Å². The predicted octanol–water partition coefficient (Wildman–Crippen LogP) is 0.464. The van der Waals surface area contributed by atoms with Crippen molar-refractivity contribution in [2.45, 2.75) is 29.9 Å². The molecule has 108 valence electrons. The van der Waals surface area contributed by atoms with Crippen LogP contribution >= 0.6 is 0 Å². The molecular formula is C13H17N3O3S. The molecule has 0 amide bonds. The van der Waals surface area contributed by atoms with E-state index in [2.05, 4.69) is 10.3 Å². The molecule has 1 heterocycles. The fourth-order valence-electron chi connectivity index (χ4n) is 2.10. The highest BCUT2D eigenvalue weighted by atomic mass is 32.2. The fraction of sp³-hybridized carbons (Fsp3) is 0.462. The minimum atomic E-state index is -3.60. The number of sulfonamides is 1. The Morgan fingerprint density at radius 3 is 2.90 bits per heavy atom. The average molecular weight is 295 g/mol. The summed E-state index contributed by atoms with van der Waals surface area (Å²) in [7, 11) is -3.60. The molecule has 20 heavy (non-hydrogen) atoms. The van der Waals surface area contributed by atoms with Crippen LogP contribution < -0.4 is 5.32 Å². The van der Waals surface area contributed by atoms with Crippen LogP contribution in [-0.4, -0.2) is 49.4 Å². The normalized spacial score (nSPS) is 21.6. The zero-order valence-electron chi connectivity index (χ0n) is 10.9. The molecular weight excluding hydrogens is 278 g/mol. The number of hydrogen-bond donors (Lipinski definition) is 2. The van der Waals surface area contributed by atoms with Gasteiger partial charge in [-0.05, 0) is 25.0 Å². The van der Waals surface area contributed by atoms with E-state index in [1.54, 1.807) is 18.2 Å². The van der Waals surface area contributed by atoms with Crippen LogP contribution in [0.15, 0.2) is 34.2 Å². The lowest BCUT2D eigenvalue weighted by molar-refractivity contribution is 0.158. The van der Waals surface area contributed by atoms with Gasteiger partial charge in [0.15, 0.2) is 0 Å². The molecule has 1 saturated carbocycles. The fourth-order valence-corrected chi connectivity index (χ4v) is 3.53. The summed E-state index contributed by atoms with van der Waals surface area (Å²) in [6.07, 6.45) is 2.78. The topological polar surface area (TPSA) is 82.0 Å². The second-order valence-electron chi connectivity index (χ2n) is 5.12. The Labute approximate surface area is 118 Å². The Morgan fingerprint density at radius 1 is 1.40 bits per heavy atom. The maximum Gasteiger partial charge on any atom is 0.267 e. The Hall–Kier alpha value is -1.44. The van der Waals surface area contributed by atoms with Gasteiger partial charge in [0, 0.05) is 12.6 Å². The number of aliphatic imine (C=N–C) groups is 1. The molecule has 0 saturated heterocycles. The Kier molecular flexibility index (Phi) is 3.49. The lowest BCUT2D eigenvalue weighted by Gasteiger charge is -2.26. The Bertz CT molecular complexity index is 626. The summed E-state index contributed by atoms with van der Waals surface area (Å²) in [5, 5.41) is 13.1. The van der Waals surface area contributed by atoms with Crippen LogP contribution in [0.1, 0.15) is 12.8 Å². The van der Waals surface area contributed by atoms with Gasteiger partial charge in [0.1, 0.15) is 11.2 Å². The molecule has 0 radical (unpaired) electrons. The van der Waals surface area contributed by atoms with Gasteiger partial charge in [-0.25, -0.2) is 13.4 Å². The third kappa shape index (κ3) is 2.70. The van der Waals surface area contributed by atoms with Crippen molar-refractivity contribution in [1.29, 1.82) is 0 Å². The van der Waals surface area contributed by atoms with Gasteiger partial charge in [-0.1, -0.05) is 12.1 Å². The molecule has 6 nitrogen and oxygen atoms in total. The van der Waals surface area contributed by atoms with Crippen molar-refractivity contribution < 1.29 is 13.5 Å². The van der Waals surface area contributed by atoms with Crippen LogP contribution in [0, 0.1) is 0 Å². The molecule has 1 aliphatic carbocycles. The average Bonchev–Trinajstić information content (AvgIpc) is 3.24.